The van der Waals surface area contributed by atoms with E-state index in [1.807, 2.05) is 67.6 Å². The highest BCUT2D eigenvalue weighted by Gasteiger charge is 2.30. The third-order valence-corrected chi connectivity index (χ3v) is 4.08. The minimum absolute atomic E-state index is 0.0615. The fourth-order valence-electron chi connectivity index (χ4n) is 2.16. The van der Waals surface area contributed by atoms with Crippen LogP contribution < -0.4 is 4.74 Å². The van der Waals surface area contributed by atoms with Crippen molar-refractivity contribution in [2.24, 2.45) is 0 Å². The largest absolute Gasteiger partial charge is 0.494 e. The number of aromatic carboxylic acids is 1. The van der Waals surface area contributed by atoms with Gasteiger partial charge in [0.1, 0.15) is 11.4 Å². The Bertz CT molecular complexity index is 687. The molecule has 0 atom stereocenters. The summed E-state index contributed by atoms with van der Waals surface area (Å²) in [7, 11) is 1.59. The lowest BCUT2D eigenvalue weighted by Crippen LogP contribution is -2.19. The number of para-hydroxylation sites is 2. The van der Waals surface area contributed by atoms with Crippen LogP contribution >= 0.6 is 22.6 Å². The minimum atomic E-state index is -1.03. The quantitative estimate of drug-likeness (QED) is 0.802. The van der Waals surface area contributed by atoms with Gasteiger partial charge in [-0.3, -0.25) is 0 Å². The predicted octanol–water partition coefficient (Wildman–Crippen LogP) is 3.48. The first kappa shape index (κ1) is 15.8. The summed E-state index contributed by atoms with van der Waals surface area (Å²) >= 11 is 2.05. The number of carbonyl (C=O) groups is 1. The number of halogens is 1. The van der Waals surface area contributed by atoms with Crippen molar-refractivity contribution in [2.45, 2.75) is 26.2 Å². The van der Waals surface area contributed by atoms with Gasteiger partial charge in [0.05, 0.1) is 16.4 Å². The van der Waals surface area contributed by atoms with Gasteiger partial charge in [-0.1, -0.05) is 32.9 Å². The van der Waals surface area contributed by atoms with Gasteiger partial charge in [-0.2, -0.15) is 5.10 Å². The lowest BCUT2D eigenvalue weighted by atomic mass is 9.91. The highest BCUT2D eigenvalue weighted by atomic mass is 127. The average Bonchev–Trinajstić information content (AvgIpc) is 2.76. The maximum absolute atomic E-state index is 11.4. The van der Waals surface area contributed by atoms with Crippen LogP contribution in [0.2, 0.25) is 0 Å². The van der Waals surface area contributed by atoms with Gasteiger partial charge in [-0.25, -0.2) is 9.48 Å². The van der Waals surface area contributed by atoms with Gasteiger partial charge < -0.3 is 9.84 Å². The molecule has 0 spiro atoms. The molecule has 112 valence electrons. The van der Waals surface area contributed by atoms with Crippen molar-refractivity contribution in [2.75, 3.05) is 7.11 Å². The van der Waals surface area contributed by atoms with Gasteiger partial charge in [0, 0.05) is 5.41 Å². The number of carboxylic acid groups (broad SMARTS) is 1. The highest BCUT2D eigenvalue weighted by molar-refractivity contribution is 14.1. The van der Waals surface area contributed by atoms with E-state index >= 15 is 0 Å². The summed E-state index contributed by atoms with van der Waals surface area (Å²) in [5, 5.41) is 13.6. The molecule has 0 saturated carbocycles. The zero-order chi connectivity index (χ0) is 15.8. The van der Waals surface area contributed by atoms with Crippen molar-refractivity contribution in [3.05, 3.63) is 39.2 Å². The Balaban J connectivity index is 2.79. The van der Waals surface area contributed by atoms with E-state index < -0.39 is 5.97 Å². The van der Waals surface area contributed by atoms with Gasteiger partial charge in [-0.15, -0.1) is 0 Å². The molecule has 0 bridgehead atoms. The average molecular weight is 400 g/mol. The number of benzene rings is 1. The molecule has 0 radical (unpaired) electrons. The third-order valence-electron chi connectivity index (χ3n) is 3.05. The molecule has 0 fully saturated rings. The Morgan fingerprint density at radius 1 is 1.33 bits per heavy atom. The molecule has 6 heteroatoms. The van der Waals surface area contributed by atoms with E-state index in [1.165, 1.54) is 0 Å². The van der Waals surface area contributed by atoms with Gasteiger partial charge in [0.2, 0.25) is 0 Å². The van der Waals surface area contributed by atoms with E-state index in [4.69, 9.17) is 4.74 Å². The third kappa shape index (κ3) is 2.90. The number of ether oxygens (including phenoxy) is 1. The van der Waals surface area contributed by atoms with Gasteiger partial charge in [0.15, 0.2) is 5.69 Å². The summed E-state index contributed by atoms with van der Waals surface area (Å²) in [4.78, 5) is 11.4. The first-order chi connectivity index (χ1) is 9.77. The molecular formula is C15H17IN2O3. The molecule has 1 aromatic carbocycles. The molecule has 0 amide bonds. The molecule has 2 rings (SSSR count). The molecule has 0 aliphatic carbocycles. The topological polar surface area (TPSA) is 64.4 Å². The van der Waals surface area contributed by atoms with E-state index in [9.17, 15) is 9.90 Å². The predicted molar refractivity (Wildman–Crippen MR) is 88.5 cm³/mol. The minimum Gasteiger partial charge on any atom is -0.494 e. The molecule has 5 nitrogen and oxygen atoms in total. The molecular weight excluding hydrogens is 383 g/mol. The van der Waals surface area contributed by atoms with Crippen molar-refractivity contribution in [1.82, 2.24) is 9.78 Å². The Morgan fingerprint density at radius 2 is 1.95 bits per heavy atom. The van der Waals surface area contributed by atoms with Crippen molar-refractivity contribution in [3.63, 3.8) is 0 Å². The lowest BCUT2D eigenvalue weighted by Gasteiger charge is -2.22. The Hall–Kier alpha value is -1.57. The summed E-state index contributed by atoms with van der Waals surface area (Å²) in [6, 6.07) is 7.44. The highest BCUT2D eigenvalue weighted by Crippen LogP contribution is 2.34. The summed E-state index contributed by atoms with van der Waals surface area (Å²) in [5.74, 6) is -0.377. The Kier molecular flexibility index (Phi) is 4.27. The second-order valence-corrected chi connectivity index (χ2v) is 6.73. The molecule has 0 unspecified atom stereocenters. The molecule has 1 N–H and O–H groups in total. The number of hydrogen-bond donors (Lipinski definition) is 1. The lowest BCUT2D eigenvalue weighted by molar-refractivity contribution is 0.0689. The number of nitrogens with zero attached hydrogens (tertiary/aromatic N) is 2. The zero-order valence-electron chi connectivity index (χ0n) is 12.3. The summed E-state index contributed by atoms with van der Waals surface area (Å²) in [6.07, 6.45) is 0. The smallest absolute Gasteiger partial charge is 0.357 e. The van der Waals surface area contributed by atoms with E-state index in [0.29, 0.717) is 9.32 Å². The van der Waals surface area contributed by atoms with Crippen LogP contribution in [0.5, 0.6) is 5.75 Å². The normalized spacial score (nSPS) is 11.5. The summed E-state index contributed by atoms with van der Waals surface area (Å²) < 4.78 is 7.69. The molecule has 21 heavy (non-hydrogen) atoms. The van der Waals surface area contributed by atoms with Crippen LogP contribution in [0.25, 0.3) is 5.69 Å². The Morgan fingerprint density at radius 3 is 2.48 bits per heavy atom. The van der Waals surface area contributed by atoms with Crippen molar-refractivity contribution in [3.8, 4) is 11.4 Å². The standard InChI is InChI=1S/C15H17IN2O3/c1-15(2,3)13-11(16)12(14(19)20)17-18(13)9-7-5-6-8-10(9)21-4/h5-8H,1-4H3,(H,19,20). The molecule has 0 aliphatic rings. The summed E-state index contributed by atoms with van der Waals surface area (Å²) in [5.41, 5.74) is 1.39. The molecule has 0 aliphatic heterocycles. The van der Waals surface area contributed by atoms with Crippen LogP contribution in [0.15, 0.2) is 24.3 Å². The Labute approximate surface area is 137 Å². The molecule has 0 saturated heterocycles. The number of methoxy groups -OCH3 is 1. The van der Waals surface area contributed by atoms with E-state index in [1.54, 1.807) is 11.8 Å². The molecule has 1 aromatic heterocycles. The van der Waals surface area contributed by atoms with Crippen LogP contribution in [0.3, 0.4) is 0 Å². The monoisotopic (exact) mass is 400 g/mol. The first-order valence-electron chi connectivity index (χ1n) is 6.43. The SMILES string of the molecule is COc1ccccc1-n1nc(C(=O)O)c(I)c1C(C)(C)C. The molecule has 2 aromatic rings. The van der Waals surface area contributed by atoms with Crippen LogP contribution in [-0.4, -0.2) is 28.0 Å². The van der Waals surface area contributed by atoms with Crippen LogP contribution in [0, 0.1) is 3.57 Å². The van der Waals surface area contributed by atoms with E-state index in [2.05, 4.69) is 5.10 Å². The van der Waals surface area contributed by atoms with Crippen LogP contribution in [0.4, 0.5) is 0 Å². The second-order valence-electron chi connectivity index (χ2n) is 5.65. The zero-order valence-corrected chi connectivity index (χ0v) is 14.5. The van der Waals surface area contributed by atoms with Gasteiger partial charge in [0.25, 0.3) is 0 Å². The van der Waals surface area contributed by atoms with Crippen molar-refractivity contribution < 1.29 is 14.6 Å². The van der Waals surface area contributed by atoms with Gasteiger partial charge >= 0.3 is 5.97 Å². The van der Waals surface area contributed by atoms with Crippen molar-refractivity contribution in [1.29, 1.82) is 0 Å². The number of carboxylic acids is 1. The fourth-order valence-corrected chi connectivity index (χ4v) is 3.54. The van der Waals surface area contributed by atoms with Gasteiger partial charge in [-0.05, 0) is 34.7 Å². The number of aromatic nitrogens is 2. The number of hydrogen-bond acceptors (Lipinski definition) is 3. The molecule has 1 heterocycles. The maximum atomic E-state index is 11.4. The van der Waals surface area contributed by atoms with Crippen molar-refractivity contribution >= 4 is 28.6 Å². The maximum Gasteiger partial charge on any atom is 0.357 e. The van der Waals surface area contributed by atoms with E-state index in [0.717, 1.165) is 11.4 Å². The summed E-state index contributed by atoms with van der Waals surface area (Å²) in [6.45, 7) is 6.09. The number of rotatable bonds is 3. The van der Waals surface area contributed by atoms with Crippen LogP contribution in [0.1, 0.15) is 37.0 Å². The second kappa shape index (κ2) is 5.67. The first-order valence-corrected chi connectivity index (χ1v) is 7.51. The van der Waals surface area contributed by atoms with E-state index in [-0.39, 0.29) is 11.1 Å². The fraction of sp³-hybridized carbons (Fsp3) is 0.333. The van der Waals surface area contributed by atoms with Crippen LogP contribution in [-0.2, 0) is 5.41 Å².